The number of urea groups is 1. The van der Waals surface area contributed by atoms with Crippen LogP contribution in [0.25, 0.3) is 0 Å². The van der Waals surface area contributed by atoms with E-state index in [2.05, 4.69) is 0 Å². The maximum absolute atomic E-state index is 11.2. The average Bonchev–Trinajstić information content (AvgIpc) is 2.70. The van der Waals surface area contributed by atoms with Gasteiger partial charge in [-0.25, -0.2) is 4.79 Å². The number of amides is 3. The van der Waals surface area contributed by atoms with Crippen LogP contribution in [-0.2, 0) is 9.59 Å². The van der Waals surface area contributed by atoms with Gasteiger partial charge in [-0.2, -0.15) is 0 Å². The predicted molar refractivity (Wildman–Crippen MR) is 63.8 cm³/mol. The summed E-state index contributed by atoms with van der Waals surface area (Å²) in [6.45, 7) is 3.40. The first-order chi connectivity index (χ1) is 8.39. The van der Waals surface area contributed by atoms with Gasteiger partial charge in [0.15, 0.2) is 0 Å². The molecule has 0 bridgehead atoms. The molecular formula is C11H19N3O4. The molecule has 0 aliphatic carbocycles. The Hall–Kier alpha value is -1.63. The maximum Gasteiger partial charge on any atom is 0.318 e. The van der Waals surface area contributed by atoms with E-state index in [1.54, 1.807) is 0 Å². The standard InChI is InChI=1S/C11H19N3O4/c1-2-11(9(16)17)4-6-14(7-11)5-3-8(15)13-10(12)18/h2-7H2,1H3,(H,16,17)(H3,12,13,15,18). The number of rotatable bonds is 5. The van der Waals surface area contributed by atoms with Crippen LogP contribution in [0.2, 0.25) is 0 Å². The highest BCUT2D eigenvalue weighted by atomic mass is 16.4. The van der Waals surface area contributed by atoms with Crippen LogP contribution in [0.4, 0.5) is 4.79 Å². The third-order valence-corrected chi connectivity index (χ3v) is 3.48. The first-order valence-corrected chi connectivity index (χ1v) is 5.94. The van der Waals surface area contributed by atoms with E-state index < -0.39 is 23.3 Å². The normalized spacial score (nSPS) is 23.8. The van der Waals surface area contributed by atoms with Gasteiger partial charge < -0.3 is 15.7 Å². The Morgan fingerprint density at radius 1 is 1.44 bits per heavy atom. The van der Waals surface area contributed by atoms with Crippen molar-refractivity contribution in [3.05, 3.63) is 0 Å². The third-order valence-electron chi connectivity index (χ3n) is 3.48. The second kappa shape index (κ2) is 5.81. The van der Waals surface area contributed by atoms with Crippen LogP contribution in [0.15, 0.2) is 0 Å². The molecule has 1 atom stereocenters. The van der Waals surface area contributed by atoms with Gasteiger partial charge in [0.1, 0.15) is 0 Å². The van der Waals surface area contributed by atoms with Crippen molar-refractivity contribution in [2.24, 2.45) is 11.1 Å². The van der Waals surface area contributed by atoms with Crippen molar-refractivity contribution in [1.82, 2.24) is 10.2 Å². The van der Waals surface area contributed by atoms with Gasteiger partial charge in [0.05, 0.1) is 5.41 Å². The largest absolute Gasteiger partial charge is 0.481 e. The molecular weight excluding hydrogens is 238 g/mol. The fraction of sp³-hybridized carbons (Fsp3) is 0.727. The van der Waals surface area contributed by atoms with Gasteiger partial charge in [0, 0.05) is 19.5 Å². The van der Waals surface area contributed by atoms with E-state index in [1.807, 2.05) is 17.1 Å². The second-order valence-corrected chi connectivity index (χ2v) is 4.63. The van der Waals surface area contributed by atoms with Crippen LogP contribution >= 0.6 is 0 Å². The number of primary amides is 1. The molecule has 1 unspecified atom stereocenters. The Kier molecular flexibility index (Phi) is 4.66. The molecule has 1 heterocycles. The van der Waals surface area contributed by atoms with Crippen LogP contribution in [0.3, 0.4) is 0 Å². The van der Waals surface area contributed by atoms with Gasteiger partial charge >= 0.3 is 12.0 Å². The topological polar surface area (TPSA) is 113 Å². The zero-order chi connectivity index (χ0) is 13.8. The van der Waals surface area contributed by atoms with Crippen LogP contribution in [0.1, 0.15) is 26.2 Å². The molecule has 18 heavy (non-hydrogen) atoms. The lowest BCUT2D eigenvalue weighted by Gasteiger charge is -2.22. The molecule has 102 valence electrons. The molecule has 0 spiro atoms. The predicted octanol–water partition coefficient (Wildman–Crippen LogP) is -0.242. The molecule has 1 saturated heterocycles. The van der Waals surface area contributed by atoms with Crippen LogP contribution < -0.4 is 11.1 Å². The number of carbonyl (C=O) groups excluding carboxylic acids is 2. The smallest absolute Gasteiger partial charge is 0.318 e. The minimum Gasteiger partial charge on any atom is -0.481 e. The number of nitrogens with one attached hydrogen (secondary N) is 1. The fourth-order valence-electron chi connectivity index (χ4n) is 2.22. The van der Waals surface area contributed by atoms with E-state index in [1.165, 1.54) is 0 Å². The van der Waals surface area contributed by atoms with Gasteiger partial charge in [-0.05, 0) is 19.4 Å². The molecule has 3 amide bonds. The first kappa shape index (κ1) is 14.4. The Morgan fingerprint density at radius 2 is 2.11 bits per heavy atom. The Morgan fingerprint density at radius 3 is 2.56 bits per heavy atom. The lowest BCUT2D eigenvalue weighted by molar-refractivity contribution is -0.148. The minimum absolute atomic E-state index is 0.141. The van der Waals surface area contributed by atoms with E-state index in [0.717, 1.165) is 0 Å². The third kappa shape index (κ3) is 3.43. The van der Waals surface area contributed by atoms with Gasteiger partial charge in [-0.3, -0.25) is 14.9 Å². The molecule has 1 rings (SSSR count). The Balaban J connectivity index is 2.41. The molecule has 7 heteroatoms. The highest BCUT2D eigenvalue weighted by Gasteiger charge is 2.42. The van der Waals surface area contributed by atoms with Gasteiger partial charge in [-0.1, -0.05) is 6.92 Å². The SMILES string of the molecule is CCC1(C(=O)O)CCN(CCC(=O)NC(N)=O)C1. The summed E-state index contributed by atoms with van der Waals surface area (Å²) in [4.78, 5) is 34.8. The molecule has 1 aliphatic heterocycles. The zero-order valence-corrected chi connectivity index (χ0v) is 10.4. The van der Waals surface area contributed by atoms with Crippen molar-refractivity contribution in [2.75, 3.05) is 19.6 Å². The summed E-state index contributed by atoms with van der Waals surface area (Å²) in [6.07, 6.45) is 1.31. The van der Waals surface area contributed by atoms with Crippen molar-refractivity contribution < 1.29 is 19.5 Å². The summed E-state index contributed by atoms with van der Waals surface area (Å²) in [5, 5.41) is 11.2. The highest BCUT2D eigenvalue weighted by molar-refractivity contribution is 5.93. The minimum atomic E-state index is -0.866. The maximum atomic E-state index is 11.2. The summed E-state index contributed by atoms with van der Waals surface area (Å²) in [5.74, 6) is -1.22. The summed E-state index contributed by atoms with van der Waals surface area (Å²) in [6, 6.07) is -0.866. The summed E-state index contributed by atoms with van der Waals surface area (Å²) in [5.41, 5.74) is 4.12. The number of carboxylic acids is 1. The molecule has 0 aromatic heterocycles. The fourth-order valence-corrected chi connectivity index (χ4v) is 2.22. The molecule has 1 aliphatic rings. The lowest BCUT2D eigenvalue weighted by atomic mass is 9.84. The van der Waals surface area contributed by atoms with E-state index in [4.69, 9.17) is 5.73 Å². The average molecular weight is 257 g/mol. The number of nitrogens with two attached hydrogens (primary N) is 1. The van der Waals surface area contributed by atoms with Gasteiger partial charge in [0.25, 0.3) is 0 Å². The van der Waals surface area contributed by atoms with Crippen LogP contribution in [0, 0.1) is 5.41 Å². The highest BCUT2D eigenvalue weighted by Crippen LogP contribution is 2.34. The zero-order valence-electron chi connectivity index (χ0n) is 10.4. The number of likely N-dealkylation sites (tertiary alicyclic amines) is 1. The van der Waals surface area contributed by atoms with Crippen LogP contribution in [0.5, 0.6) is 0 Å². The number of hydrogen-bond donors (Lipinski definition) is 3. The lowest BCUT2D eigenvalue weighted by Crippen LogP contribution is -2.38. The Labute approximate surface area is 105 Å². The number of carbonyl (C=O) groups is 3. The quantitative estimate of drug-likeness (QED) is 0.629. The van der Waals surface area contributed by atoms with E-state index in [9.17, 15) is 19.5 Å². The summed E-state index contributed by atoms with van der Waals surface area (Å²) >= 11 is 0. The number of nitrogens with zero attached hydrogens (tertiary/aromatic N) is 1. The van der Waals surface area contributed by atoms with Crippen molar-refractivity contribution in [1.29, 1.82) is 0 Å². The number of imide groups is 1. The second-order valence-electron chi connectivity index (χ2n) is 4.63. The Bertz CT molecular complexity index is 358. The first-order valence-electron chi connectivity index (χ1n) is 5.94. The molecule has 7 nitrogen and oxygen atoms in total. The molecule has 0 radical (unpaired) electrons. The van der Waals surface area contributed by atoms with E-state index in [-0.39, 0.29) is 6.42 Å². The van der Waals surface area contributed by atoms with Crippen molar-refractivity contribution >= 4 is 17.9 Å². The van der Waals surface area contributed by atoms with Gasteiger partial charge in [0.2, 0.25) is 5.91 Å². The van der Waals surface area contributed by atoms with Crippen LogP contribution in [-0.4, -0.2) is 47.5 Å². The molecule has 4 N–H and O–H groups in total. The molecule has 0 aromatic carbocycles. The monoisotopic (exact) mass is 257 g/mol. The molecule has 1 fully saturated rings. The number of hydrogen-bond acceptors (Lipinski definition) is 4. The van der Waals surface area contributed by atoms with Crippen molar-refractivity contribution in [3.63, 3.8) is 0 Å². The number of carboxylic acid groups (broad SMARTS) is 1. The summed E-state index contributed by atoms with van der Waals surface area (Å²) < 4.78 is 0. The van der Waals surface area contributed by atoms with E-state index >= 15 is 0 Å². The summed E-state index contributed by atoms with van der Waals surface area (Å²) in [7, 11) is 0. The van der Waals surface area contributed by atoms with Gasteiger partial charge in [-0.15, -0.1) is 0 Å². The van der Waals surface area contributed by atoms with Crippen molar-refractivity contribution in [3.8, 4) is 0 Å². The number of aliphatic carboxylic acids is 1. The van der Waals surface area contributed by atoms with E-state index in [0.29, 0.717) is 32.5 Å². The molecule has 0 aromatic rings. The van der Waals surface area contributed by atoms with Crippen molar-refractivity contribution in [2.45, 2.75) is 26.2 Å². The molecule has 0 saturated carbocycles.